The van der Waals surface area contributed by atoms with E-state index in [0.29, 0.717) is 31.7 Å². The number of benzene rings is 3. The molecule has 4 aliphatic rings. The summed E-state index contributed by atoms with van der Waals surface area (Å²) in [6, 6.07) is 17.0. The van der Waals surface area contributed by atoms with Gasteiger partial charge in [-0.2, -0.15) is 4.31 Å². The third kappa shape index (κ3) is 4.99. The van der Waals surface area contributed by atoms with Gasteiger partial charge >= 0.3 is 5.97 Å². The zero-order valence-corrected chi connectivity index (χ0v) is 25.8. The maximum absolute atomic E-state index is 14.3. The van der Waals surface area contributed by atoms with Crippen LogP contribution in [0.3, 0.4) is 0 Å². The number of nitrogens with zero attached hydrogens (tertiary/aromatic N) is 4. The van der Waals surface area contributed by atoms with E-state index >= 15 is 0 Å². The van der Waals surface area contributed by atoms with Crippen LogP contribution < -0.4 is 4.74 Å². The molecular formula is C34H36N4O5S. The predicted octanol–water partition coefficient (Wildman–Crippen LogP) is 5.61. The molecule has 4 unspecified atom stereocenters. The van der Waals surface area contributed by atoms with Gasteiger partial charge in [0.2, 0.25) is 10.0 Å². The van der Waals surface area contributed by atoms with Gasteiger partial charge in [-0.1, -0.05) is 53.8 Å². The molecule has 0 saturated heterocycles. The lowest BCUT2D eigenvalue weighted by molar-refractivity contribution is -0.143. The highest BCUT2D eigenvalue weighted by molar-refractivity contribution is 7.89. The first-order valence-electron chi connectivity index (χ1n) is 15.4. The normalized spacial score (nSPS) is 23.9. The van der Waals surface area contributed by atoms with Crippen molar-refractivity contribution in [2.75, 3.05) is 13.2 Å². The van der Waals surface area contributed by atoms with Crippen molar-refractivity contribution >= 4 is 27.0 Å². The predicted molar refractivity (Wildman–Crippen MR) is 166 cm³/mol. The number of fused-ring (bicyclic) bond motifs is 5. The summed E-state index contributed by atoms with van der Waals surface area (Å²) in [7, 11) is -3.84. The quantitative estimate of drug-likeness (QED) is 0.219. The first kappa shape index (κ1) is 28.7. The Morgan fingerprint density at radius 1 is 1.07 bits per heavy atom. The van der Waals surface area contributed by atoms with E-state index in [4.69, 9.17) is 9.47 Å². The molecule has 4 heterocycles. The van der Waals surface area contributed by atoms with E-state index in [1.165, 1.54) is 0 Å². The van der Waals surface area contributed by atoms with Crippen molar-refractivity contribution in [3.05, 3.63) is 94.6 Å². The lowest BCUT2D eigenvalue weighted by atomic mass is 9.84. The van der Waals surface area contributed by atoms with Crippen molar-refractivity contribution in [2.45, 2.75) is 75.5 Å². The van der Waals surface area contributed by atoms with Crippen LogP contribution >= 0.6 is 0 Å². The topological polar surface area (TPSA) is 104 Å². The highest BCUT2D eigenvalue weighted by Crippen LogP contribution is 2.44. The van der Waals surface area contributed by atoms with E-state index < -0.39 is 10.0 Å². The summed E-state index contributed by atoms with van der Waals surface area (Å²) in [6.45, 7) is 4.96. The number of aryl methyl sites for hydroxylation is 2. The number of sulfonamides is 1. The van der Waals surface area contributed by atoms with Crippen LogP contribution in [0.5, 0.6) is 5.75 Å². The van der Waals surface area contributed by atoms with Crippen molar-refractivity contribution in [3.63, 3.8) is 0 Å². The van der Waals surface area contributed by atoms with Crippen molar-refractivity contribution in [2.24, 2.45) is 0 Å². The molecule has 8 bridgehead atoms. The van der Waals surface area contributed by atoms with Gasteiger partial charge in [-0.15, -0.1) is 5.10 Å². The number of rotatable bonds is 3. The molecule has 8 rings (SSSR count). The van der Waals surface area contributed by atoms with E-state index in [2.05, 4.69) is 46.7 Å². The molecule has 3 aromatic carbocycles. The molecule has 0 amide bonds. The molecule has 0 spiro atoms. The van der Waals surface area contributed by atoms with Gasteiger partial charge in [0.15, 0.2) is 0 Å². The van der Waals surface area contributed by atoms with Crippen LogP contribution in [-0.4, -0.2) is 52.9 Å². The van der Waals surface area contributed by atoms with Crippen LogP contribution in [0, 0.1) is 6.92 Å². The number of allylic oxidation sites excluding steroid dienone is 2. The lowest BCUT2D eigenvalue weighted by Gasteiger charge is -2.30. The minimum atomic E-state index is -3.84. The smallest absolute Gasteiger partial charge is 0.306 e. The van der Waals surface area contributed by atoms with Crippen LogP contribution in [0.1, 0.15) is 72.4 Å². The van der Waals surface area contributed by atoms with E-state index in [1.807, 2.05) is 30.7 Å². The number of carbonyl (C=O) groups is 1. The Labute approximate surface area is 257 Å². The maximum atomic E-state index is 14.3. The molecule has 4 aromatic rings. The van der Waals surface area contributed by atoms with Crippen LogP contribution in [0.15, 0.2) is 71.6 Å². The number of hydrogen-bond acceptors (Lipinski definition) is 7. The Bertz CT molecular complexity index is 1880. The fourth-order valence-electron chi connectivity index (χ4n) is 7.03. The first-order chi connectivity index (χ1) is 21.3. The van der Waals surface area contributed by atoms with E-state index in [9.17, 15) is 13.2 Å². The second kappa shape index (κ2) is 11.5. The standard InChI is InChI=1S/C34H36N4O5S/c1-3-42-33(39)20-27-24-13-12-23-14-16-29(28(23)19-24)38-21-25(43-31-10-6-7-11-32(31)44(38,40)41)9-5-4-8-18-37-30-17-15-26(27)22(2)34(30)35-36-37/h4,6-8,10-13,15,17,19,25,27,29H,3,5,9,14,16,18,20-21H2,1-2H3. The first-order valence-corrected chi connectivity index (χ1v) is 16.8. The molecule has 0 radical (unpaired) electrons. The molecule has 3 aliphatic heterocycles. The Morgan fingerprint density at radius 3 is 2.80 bits per heavy atom. The van der Waals surface area contributed by atoms with Gasteiger partial charge in [0.05, 0.1) is 37.7 Å². The minimum Gasteiger partial charge on any atom is -0.488 e. The molecule has 0 fully saturated rings. The Kier molecular flexibility index (Phi) is 7.50. The number of ether oxygens (including phenoxy) is 2. The summed E-state index contributed by atoms with van der Waals surface area (Å²) in [5, 5.41) is 8.96. The van der Waals surface area contributed by atoms with Gasteiger partial charge < -0.3 is 9.47 Å². The van der Waals surface area contributed by atoms with E-state index in [1.54, 1.807) is 22.5 Å². The molecule has 228 valence electrons. The fourth-order valence-corrected chi connectivity index (χ4v) is 8.82. The third-order valence-electron chi connectivity index (χ3n) is 9.21. The van der Waals surface area contributed by atoms with Crippen LogP contribution in [0.4, 0.5) is 0 Å². The van der Waals surface area contributed by atoms with Gasteiger partial charge in [0.25, 0.3) is 0 Å². The molecule has 9 nitrogen and oxygen atoms in total. The average molecular weight is 613 g/mol. The van der Waals surface area contributed by atoms with Crippen LogP contribution in [0.2, 0.25) is 0 Å². The molecule has 4 atom stereocenters. The number of carbonyl (C=O) groups excluding carboxylic acids is 1. The largest absolute Gasteiger partial charge is 0.488 e. The monoisotopic (exact) mass is 612 g/mol. The summed E-state index contributed by atoms with van der Waals surface area (Å²) in [5.74, 6) is -0.179. The summed E-state index contributed by atoms with van der Waals surface area (Å²) in [4.78, 5) is 13.2. The van der Waals surface area contributed by atoms with Crippen molar-refractivity contribution in [1.82, 2.24) is 19.3 Å². The zero-order chi connectivity index (χ0) is 30.4. The fraction of sp³-hybridized carbons (Fsp3) is 0.382. The highest BCUT2D eigenvalue weighted by Gasteiger charge is 2.41. The molecule has 1 aliphatic carbocycles. The summed E-state index contributed by atoms with van der Waals surface area (Å²) < 4.78 is 43.9. The molecule has 0 saturated carbocycles. The highest BCUT2D eigenvalue weighted by atomic mass is 32.2. The molecular weight excluding hydrogens is 576 g/mol. The third-order valence-corrected chi connectivity index (χ3v) is 11.1. The van der Waals surface area contributed by atoms with Crippen LogP contribution in [0.25, 0.3) is 11.0 Å². The number of esters is 1. The Balaban J connectivity index is 1.40. The van der Waals surface area contributed by atoms with Crippen molar-refractivity contribution in [1.29, 1.82) is 0 Å². The Hall–Kier alpha value is -4.02. The van der Waals surface area contributed by atoms with E-state index in [0.717, 1.165) is 51.7 Å². The van der Waals surface area contributed by atoms with Gasteiger partial charge in [-0.05, 0) is 85.5 Å². The SMILES string of the molecule is CCOC(=O)CC1c2ccc3c(c2)C(CC3)N2CC(CCC=CCn3nnc4c(C)c1ccc43)Oc1ccccc1S2(=O)=O. The summed E-state index contributed by atoms with van der Waals surface area (Å²) in [5.41, 5.74) is 6.76. The minimum absolute atomic E-state index is 0.159. The van der Waals surface area contributed by atoms with Crippen molar-refractivity contribution in [3.8, 4) is 5.75 Å². The van der Waals surface area contributed by atoms with E-state index in [-0.39, 0.29) is 41.9 Å². The second-order valence-electron chi connectivity index (χ2n) is 11.8. The average Bonchev–Trinajstić information content (AvgIpc) is 3.60. The van der Waals surface area contributed by atoms with Gasteiger partial charge in [0.1, 0.15) is 22.3 Å². The second-order valence-corrected chi connectivity index (χ2v) is 13.7. The molecule has 0 N–H and O–H groups in total. The molecule has 10 heteroatoms. The van der Waals surface area contributed by atoms with Gasteiger partial charge in [-0.25, -0.2) is 13.1 Å². The maximum Gasteiger partial charge on any atom is 0.306 e. The lowest BCUT2D eigenvalue weighted by Crippen LogP contribution is -2.39. The van der Waals surface area contributed by atoms with Gasteiger partial charge in [-0.3, -0.25) is 4.79 Å². The zero-order valence-electron chi connectivity index (χ0n) is 25.0. The summed E-state index contributed by atoms with van der Waals surface area (Å²) in [6.07, 6.45) is 6.87. The number of aromatic nitrogens is 3. The van der Waals surface area contributed by atoms with Gasteiger partial charge in [0, 0.05) is 5.92 Å². The van der Waals surface area contributed by atoms with Crippen molar-refractivity contribution < 1.29 is 22.7 Å². The Morgan fingerprint density at radius 2 is 1.93 bits per heavy atom. The van der Waals surface area contributed by atoms with Crippen LogP contribution in [-0.2, 0) is 32.5 Å². The number of para-hydroxylation sites is 1. The molecule has 1 aromatic heterocycles. The number of hydrogen-bond donors (Lipinski definition) is 0. The summed E-state index contributed by atoms with van der Waals surface area (Å²) >= 11 is 0. The molecule has 44 heavy (non-hydrogen) atoms.